The van der Waals surface area contributed by atoms with E-state index in [0.29, 0.717) is 24.2 Å². The summed E-state index contributed by atoms with van der Waals surface area (Å²) in [5.41, 5.74) is 0.523. The van der Waals surface area contributed by atoms with Gasteiger partial charge in [0.1, 0.15) is 0 Å². The third-order valence-electron chi connectivity index (χ3n) is 9.23. The van der Waals surface area contributed by atoms with E-state index in [9.17, 15) is 8.78 Å². The minimum Gasteiger partial charge on any atom is -0.491 e. The van der Waals surface area contributed by atoms with Gasteiger partial charge in [-0.3, -0.25) is 0 Å². The van der Waals surface area contributed by atoms with E-state index in [1.807, 2.05) is 0 Å². The largest absolute Gasteiger partial charge is 0.491 e. The number of hydrogen-bond acceptors (Lipinski definition) is 2. The van der Waals surface area contributed by atoms with Crippen LogP contribution in [-0.2, 0) is 4.74 Å². The Morgan fingerprint density at radius 3 is 2.15 bits per heavy atom. The lowest BCUT2D eigenvalue weighted by atomic mass is 9.71. The van der Waals surface area contributed by atoms with Crippen molar-refractivity contribution in [1.29, 1.82) is 0 Å². The quantitative estimate of drug-likeness (QED) is 0.331. The fraction of sp³-hybridized carbons (Fsp3) is 0.800. The normalized spacial score (nSPS) is 32.5. The highest BCUT2D eigenvalue weighted by Crippen LogP contribution is 2.44. The molecule has 1 aromatic rings. The van der Waals surface area contributed by atoms with Gasteiger partial charge in [-0.1, -0.05) is 51.5 Å². The van der Waals surface area contributed by atoms with E-state index in [0.717, 1.165) is 50.0 Å². The Kier molecular flexibility index (Phi) is 9.68. The molecular weight excluding hydrogens is 430 g/mol. The zero-order valence-electron chi connectivity index (χ0n) is 21.5. The van der Waals surface area contributed by atoms with Gasteiger partial charge in [-0.15, -0.1) is 0 Å². The van der Waals surface area contributed by atoms with Crippen molar-refractivity contribution in [2.24, 2.45) is 23.7 Å². The molecule has 2 saturated carbocycles. The maximum atomic E-state index is 14.7. The van der Waals surface area contributed by atoms with Gasteiger partial charge in [0, 0.05) is 0 Å². The smallest absolute Gasteiger partial charge is 0.200 e. The molecule has 1 aromatic carbocycles. The molecule has 3 fully saturated rings. The molecule has 192 valence electrons. The lowest BCUT2D eigenvalue weighted by Gasteiger charge is -2.41. The van der Waals surface area contributed by atoms with Gasteiger partial charge in [0.2, 0.25) is 5.82 Å². The topological polar surface area (TPSA) is 18.5 Å². The van der Waals surface area contributed by atoms with Crippen LogP contribution in [0.2, 0.25) is 0 Å². The van der Waals surface area contributed by atoms with Gasteiger partial charge in [0.25, 0.3) is 0 Å². The molecule has 2 nitrogen and oxygen atoms in total. The average Bonchev–Trinajstić information content (AvgIpc) is 2.88. The minimum absolute atomic E-state index is 0.0209. The summed E-state index contributed by atoms with van der Waals surface area (Å²) in [6, 6.07) is 3.32. The predicted octanol–water partition coefficient (Wildman–Crippen LogP) is 8.82. The van der Waals surface area contributed by atoms with Crippen LogP contribution in [0, 0.1) is 35.3 Å². The molecule has 4 heteroatoms. The summed E-state index contributed by atoms with van der Waals surface area (Å²) in [5, 5.41) is 0. The molecule has 0 spiro atoms. The van der Waals surface area contributed by atoms with Crippen molar-refractivity contribution in [2.75, 3.05) is 13.2 Å². The summed E-state index contributed by atoms with van der Waals surface area (Å²) in [6.07, 6.45) is 18.1. The number of hydrogen-bond donors (Lipinski definition) is 0. The first-order chi connectivity index (χ1) is 16.6. The summed E-state index contributed by atoms with van der Waals surface area (Å²) in [6.45, 7) is 5.35. The maximum Gasteiger partial charge on any atom is 0.200 e. The van der Waals surface area contributed by atoms with Crippen molar-refractivity contribution in [2.45, 2.75) is 116 Å². The molecule has 0 bridgehead atoms. The van der Waals surface area contributed by atoms with Gasteiger partial charge >= 0.3 is 0 Å². The van der Waals surface area contributed by atoms with E-state index in [4.69, 9.17) is 9.47 Å². The highest BCUT2D eigenvalue weighted by atomic mass is 19.2. The number of unbranched alkanes of at least 4 members (excludes halogenated alkanes) is 2. The number of benzene rings is 1. The molecule has 2 atom stereocenters. The molecule has 1 saturated heterocycles. The Morgan fingerprint density at radius 1 is 0.794 bits per heavy atom. The Hall–Kier alpha value is -1.16. The summed E-state index contributed by atoms with van der Waals surface area (Å²) in [5.74, 6) is 1.75. The number of ether oxygens (including phenoxy) is 2. The highest BCUT2D eigenvalue weighted by Gasteiger charge is 2.36. The third-order valence-corrected chi connectivity index (χ3v) is 9.23. The fourth-order valence-corrected chi connectivity index (χ4v) is 7.10. The van der Waals surface area contributed by atoms with E-state index >= 15 is 0 Å². The molecule has 1 heterocycles. The Balaban J connectivity index is 1.19. The average molecular weight is 477 g/mol. The van der Waals surface area contributed by atoms with Crippen LogP contribution in [0.15, 0.2) is 12.1 Å². The summed E-state index contributed by atoms with van der Waals surface area (Å²) in [7, 11) is 0. The molecular formula is C30H46F2O2. The molecule has 0 N–H and O–H groups in total. The van der Waals surface area contributed by atoms with Crippen LogP contribution in [0.5, 0.6) is 5.75 Å². The van der Waals surface area contributed by atoms with Crippen LogP contribution in [-0.4, -0.2) is 19.3 Å². The van der Waals surface area contributed by atoms with Crippen LogP contribution < -0.4 is 4.74 Å². The molecule has 2 aliphatic carbocycles. The van der Waals surface area contributed by atoms with E-state index in [-0.39, 0.29) is 11.7 Å². The second kappa shape index (κ2) is 12.7. The first kappa shape index (κ1) is 25.9. The molecule has 0 amide bonds. The van der Waals surface area contributed by atoms with Crippen molar-refractivity contribution in [3.05, 3.63) is 29.3 Å². The third kappa shape index (κ3) is 6.33. The van der Waals surface area contributed by atoms with Crippen molar-refractivity contribution in [3.8, 4) is 5.75 Å². The zero-order chi connectivity index (χ0) is 23.9. The SMILES string of the molecule is CCCCCC1CCC([C@@H]2CCC([C@H]3CC[C@H](c4ccc(OCC)c(F)c4F)CC3)OC2)CC1. The number of halogens is 2. The molecule has 0 aromatic heterocycles. The van der Waals surface area contributed by atoms with Gasteiger partial charge in [-0.05, 0) is 99.5 Å². The van der Waals surface area contributed by atoms with E-state index in [1.165, 1.54) is 64.2 Å². The van der Waals surface area contributed by atoms with E-state index < -0.39 is 11.6 Å². The second-order valence-electron chi connectivity index (χ2n) is 11.3. The Labute approximate surface area is 206 Å². The highest BCUT2D eigenvalue weighted by molar-refractivity contribution is 5.33. The lowest BCUT2D eigenvalue weighted by molar-refractivity contribution is -0.0724. The Morgan fingerprint density at radius 2 is 1.50 bits per heavy atom. The van der Waals surface area contributed by atoms with Gasteiger partial charge < -0.3 is 9.47 Å². The minimum atomic E-state index is -0.835. The molecule has 3 aliphatic rings. The standard InChI is InChI=1S/C30H46F2O2/c1-3-5-6-7-21-8-10-22(11-9-21)25-16-18-27(34-20-25)24-14-12-23(13-15-24)26-17-19-28(33-4-2)30(32)29(26)31/h17,19,21-25,27H,3-16,18,20H2,1-2H3/t21?,22?,23-,24-,25-,27?/m1/s1. The van der Waals surface area contributed by atoms with Crippen LogP contribution in [0.3, 0.4) is 0 Å². The van der Waals surface area contributed by atoms with Crippen LogP contribution in [0.25, 0.3) is 0 Å². The van der Waals surface area contributed by atoms with Gasteiger partial charge in [0.15, 0.2) is 11.6 Å². The summed E-state index contributed by atoms with van der Waals surface area (Å²) in [4.78, 5) is 0. The molecule has 4 rings (SSSR count). The zero-order valence-corrected chi connectivity index (χ0v) is 21.5. The van der Waals surface area contributed by atoms with Crippen molar-refractivity contribution < 1.29 is 18.3 Å². The van der Waals surface area contributed by atoms with Gasteiger partial charge in [-0.25, -0.2) is 4.39 Å². The summed E-state index contributed by atoms with van der Waals surface area (Å²) < 4.78 is 40.7. The first-order valence-electron chi connectivity index (χ1n) is 14.3. The van der Waals surface area contributed by atoms with Gasteiger partial charge in [0.05, 0.1) is 19.3 Å². The number of rotatable bonds is 9. The summed E-state index contributed by atoms with van der Waals surface area (Å²) >= 11 is 0. The molecule has 0 radical (unpaired) electrons. The molecule has 1 unspecified atom stereocenters. The van der Waals surface area contributed by atoms with Crippen LogP contribution in [0.4, 0.5) is 8.78 Å². The monoisotopic (exact) mass is 476 g/mol. The van der Waals surface area contributed by atoms with Crippen LogP contribution >= 0.6 is 0 Å². The fourth-order valence-electron chi connectivity index (χ4n) is 7.10. The maximum absolute atomic E-state index is 14.7. The van der Waals surface area contributed by atoms with Crippen LogP contribution in [0.1, 0.15) is 115 Å². The van der Waals surface area contributed by atoms with Crippen molar-refractivity contribution in [1.82, 2.24) is 0 Å². The molecule has 1 aliphatic heterocycles. The van der Waals surface area contributed by atoms with Crippen molar-refractivity contribution >= 4 is 0 Å². The van der Waals surface area contributed by atoms with Crippen molar-refractivity contribution in [3.63, 3.8) is 0 Å². The molecule has 34 heavy (non-hydrogen) atoms. The lowest BCUT2D eigenvalue weighted by Crippen LogP contribution is -2.37. The van der Waals surface area contributed by atoms with E-state index in [1.54, 1.807) is 19.1 Å². The second-order valence-corrected chi connectivity index (χ2v) is 11.3. The van der Waals surface area contributed by atoms with E-state index in [2.05, 4.69) is 6.92 Å². The first-order valence-corrected chi connectivity index (χ1v) is 14.3. The van der Waals surface area contributed by atoms with Gasteiger partial charge in [-0.2, -0.15) is 4.39 Å². The predicted molar refractivity (Wildman–Crippen MR) is 134 cm³/mol. The Bertz CT molecular complexity index is 742.